The lowest BCUT2D eigenvalue weighted by Crippen LogP contribution is -2.39. The third-order valence-electron chi connectivity index (χ3n) is 2.63. The predicted molar refractivity (Wildman–Crippen MR) is 85.8 cm³/mol. The minimum absolute atomic E-state index is 0.0257. The summed E-state index contributed by atoms with van der Waals surface area (Å²) in [5.41, 5.74) is 1.70. The highest BCUT2D eigenvalue weighted by atomic mass is 32.1. The van der Waals surface area contributed by atoms with Crippen molar-refractivity contribution in [3.8, 4) is 10.6 Å². The first kappa shape index (κ1) is 15.7. The van der Waals surface area contributed by atoms with E-state index in [0.717, 1.165) is 10.6 Å². The number of carbonyl (C=O) groups is 2. The SMILES string of the molecule is Cc1nc(-c2ccsc2)sc1C(=O)NCC(=O)NC(C)C. The van der Waals surface area contributed by atoms with Crippen LogP contribution in [0.4, 0.5) is 0 Å². The molecule has 0 bridgehead atoms. The summed E-state index contributed by atoms with van der Waals surface area (Å²) in [4.78, 5) is 28.6. The molecule has 0 fully saturated rings. The van der Waals surface area contributed by atoms with Crippen molar-refractivity contribution < 1.29 is 9.59 Å². The summed E-state index contributed by atoms with van der Waals surface area (Å²) in [5, 5.41) is 10.1. The highest BCUT2D eigenvalue weighted by Gasteiger charge is 2.17. The molecular formula is C14H17N3O2S2. The van der Waals surface area contributed by atoms with E-state index in [1.807, 2.05) is 30.7 Å². The van der Waals surface area contributed by atoms with Crippen LogP contribution in [-0.2, 0) is 4.79 Å². The van der Waals surface area contributed by atoms with Gasteiger partial charge in [-0.05, 0) is 32.2 Å². The Hall–Kier alpha value is -1.73. The normalized spacial score (nSPS) is 10.7. The van der Waals surface area contributed by atoms with E-state index >= 15 is 0 Å². The van der Waals surface area contributed by atoms with E-state index in [1.165, 1.54) is 11.3 Å². The molecule has 0 saturated heterocycles. The first-order valence-corrected chi connectivity index (χ1v) is 8.31. The molecule has 112 valence electrons. The molecule has 2 aromatic rings. The van der Waals surface area contributed by atoms with E-state index < -0.39 is 0 Å². The van der Waals surface area contributed by atoms with Gasteiger partial charge in [0.1, 0.15) is 9.88 Å². The van der Waals surface area contributed by atoms with Gasteiger partial charge in [0.05, 0.1) is 12.2 Å². The molecule has 7 heteroatoms. The average Bonchev–Trinajstić information content (AvgIpc) is 3.04. The van der Waals surface area contributed by atoms with Gasteiger partial charge in [0.25, 0.3) is 5.91 Å². The van der Waals surface area contributed by atoms with Gasteiger partial charge in [-0.3, -0.25) is 9.59 Å². The molecule has 2 N–H and O–H groups in total. The third-order valence-corrected chi connectivity index (χ3v) is 4.52. The Morgan fingerprint density at radius 3 is 2.76 bits per heavy atom. The van der Waals surface area contributed by atoms with Crippen LogP contribution in [0.5, 0.6) is 0 Å². The maximum Gasteiger partial charge on any atom is 0.263 e. The van der Waals surface area contributed by atoms with Crippen molar-refractivity contribution in [1.29, 1.82) is 0 Å². The number of hydrogen-bond acceptors (Lipinski definition) is 5. The number of hydrogen-bond donors (Lipinski definition) is 2. The van der Waals surface area contributed by atoms with Gasteiger partial charge in [0.15, 0.2) is 0 Å². The van der Waals surface area contributed by atoms with Crippen molar-refractivity contribution in [2.45, 2.75) is 26.8 Å². The van der Waals surface area contributed by atoms with Crippen molar-refractivity contribution in [2.24, 2.45) is 0 Å². The minimum atomic E-state index is -0.259. The second-order valence-corrected chi connectivity index (χ2v) is 6.63. The summed E-state index contributed by atoms with van der Waals surface area (Å²) in [6.07, 6.45) is 0. The molecule has 2 heterocycles. The Morgan fingerprint density at radius 2 is 2.14 bits per heavy atom. The smallest absolute Gasteiger partial charge is 0.263 e. The van der Waals surface area contributed by atoms with Gasteiger partial charge >= 0.3 is 0 Å². The summed E-state index contributed by atoms with van der Waals surface area (Å²) in [5.74, 6) is -0.455. The fraction of sp³-hybridized carbons (Fsp3) is 0.357. The van der Waals surface area contributed by atoms with Crippen LogP contribution < -0.4 is 10.6 Å². The Morgan fingerprint density at radius 1 is 1.38 bits per heavy atom. The van der Waals surface area contributed by atoms with Crippen LogP contribution in [0.15, 0.2) is 16.8 Å². The van der Waals surface area contributed by atoms with Crippen LogP contribution in [0.25, 0.3) is 10.6 Å². The number of amides is 2. The lowest BCUT2D eigenvalue weighted by molar-refractivity contribution is -0.120. The Labute approximate surface area is 131 Å². The molecule has 0 atom stereocenters. The van der Waals surface area contributed by atoms with E-state index in [4.69, 9.17) is 0 Å². The monoisotopic (exact) mass is 323 g/mol. The molecule has 0 saturated carbocycles. The van der Waals surface area contributed by atoms with E-state index in [0.29, 0.717) is 10.6 Å². The van der Waals surface area contributed by atoms with Crippen LogP contribution in [0.2, 0.25) is 0 Å². The number of carbonyl (C=O) groups excluding carboxylic acids is 2. The second kappa shape index (κ2) is 6.82. The summed E-state index contributed by atoms with van der Waals surface area (Å²) in [6, 6.07) is 2.03. The largest absolute Gasteiger partial charge is 0.352 e. The van der Waals surface area contributed by atoms with E-state index in [1.54, 1.807) is 18.3 Å². The number of nitrogens with one attached hydrogen (secondary N) is 2. The zero-order chi connectivity index (χ0) is 15.4. The van der Waals surface area contributed by atoms with Crippen LogP contribution in [0.1, 0.15) is 29.2 Å². The molecule has 0 unspecified atom stereocenters. The van der Waals surface area contributed by atoms with Crippen molar-refractivity contribution >= 4 is 34.5 Å². The van der Waals surface area contributed by atoms with Gasteiger partial charge in [-0.1, -0.05) is 0 Å². The van der Waals surface area contributed by atoms with Gasteiger partial charge < -0.3 is 10.6 Å². The molecule has 21 heavy (non-hydrogen) atoms. The third kappa shape index (κ3) is 4.12. The van der Waals surface area contributed by atoms with Gasteiger partial charge in [-0.25, -0.2) is 4.98 Å². The van der Waals surface area contributed by atoms with E-state index in [-0.39, 0.29) is 24.4 Å². The highest BCUT2D eigenvalue weighted by Crippen LogP contribution is 2.29. The maximum absolute atomic E-state index is 12.1. The molecule has 5 nitrogen and oxygen atoms in total. The van der Waals surface area contributed by atoms with E-state index in [2.05, 4.69) is 15.6 Å². The maximum atomic E-state index is 12.1. The summed E-state index contributed by atoms with van der Waals surface area (Å²) in [6.45, 7) is 5.53. The lowest BCUT2D eigenvalue weighted by Gasteiger charge is -2.08. The Bertz CT molecular complexity index is 633. The number of thiazole rings is 1. The summed E-state index contributed by atoms with van der Waals surface area (Å²) in [7, 11) is 0. The van der Waals surface area contributed by atoms with Crippen molar-refractivity contribution in [3.05, 3.63) is 27.4 Å². The molecule has 0 spiro atoms. The van der Waals surface area contributed by atoms with Crippen molar-refractivity contribution in [1.82, 2.24) is 15.6 Å². The van der Waals surface area contributed by atoms with Gasteiger partial charge in [0.2, 0.25) is 5.91 Å². The lowest BCUT2D eigenvalue weighted by atomic mass is 10.3. The standard InChI is InChI=1S/C14H17N3O2S2/c1-8(2)16-11(18)6-15-13(19)12-9(3)17-14(21-12)10-4-5-20-7-10/h4-5,7-8H,6H2,1-3H3,(H,15,19)(H,16,18). The topological polar surface area (TPSA) is 71.1 Å². The summed E-state index contributed by atoms with van der Waals surface area (Å²) < 4.78 is 0. The number of rotatable bonds is 5. The minimum Gasteiger partial charge on any atom is -0.352 e. The first-order valence-electron chi connectivity index (χ1n) is 6.55. The molecule has 0 aromatic carbocycles. The first-order chi connectivity index (χ1) is 9.97. The molecular weight excluding hydrogens is 306 g/mol. The van der Waals surface area contributed by atoms with E-state index in [9.17, 15) is 9.59 Å². The number of aromatic nitrogens is 1. The fourth-order valence-electron chi connectivity index (χ4n) is 1.73. The number of nitrogens with zero attached hydrogens (tertiary/aromatic N) is 1. The molecule has 2 amide bonds. The molecule has 0 radical (unpaired) electrons. The average molecular weight is 323 g/mol. The molecule has 0 aliphatic rings. The second-order valence-electron chi connectivity index (χ2n) is 4.85. The van der Waals surface area contributed by atoms with Gasteiger partial charge in [-0.15, -0.1) is 11.3 Å². The zero-order valence-electron chi connectivity index (χ0n) is 12.1. The Kier molecular flexibility index (Phi) is 5.08. The predicted octanol–water partition coefficient (Wildman–Crippen LogP) is 2.43. The van der Waals surface area contributed by atoms with Crippen LogP contribution in [0.3, 0.4) is 0 Å². The van der Waals surface area contributed by atoms with Crippen molar-refractivity contribution in [3.63, 3.8) is 0 Å². The number of thiophene rings is 1. The zero-order valence-corrected chi connectivity index (χ0v) is 13.7. The van der Waals surface area contributed by atoms with Crippen LogP contribution in [-0.4, -0.2) is 29.4 Å². The Balaban J connectivity index is 2.01. The molecule has 2 aromatic heterocycles. The van der Waals surface area contributed by atoms with Crippen molar-refractivity contribution in [2.75, 3.05) is 6.54 Å². The van der Waals surface area contributed by atoms with Gasteiger partial charge in [-0.2, -0.15) is 11.3 Å². The highest BCUT2D eigenvalue weighted by molar-refractivity contribution is 7.17. The quantitative estimate of drug-likeness (QED) is 0.888. The molecule has 0 aliphatic heterocycles. The van der Waals surface area contributed by atoms with Gasteiger partial charge in [0, 0.05) is 17.0 Å². The van der Waals surface area contributed by atoms with Crippen LogP contribution >= 0.6 is 22.7 Å². The number of aryl methyl sites for hydroxylation is 1. The van der Waals surface area contributed by atoms with Crippen LogP contribution in [0, 0.1) is 6.92 Å². The molecule has 2 rings (SSSR count). The molecule has 0 aliphatic carbocycles. The fourth-order valence-corrected chi connectivity index (χ4v) is 3.42. The summed E-state index contributed by atoms with van der Waals surface area (Å²) >= 11 is 2.93.